The van der Waals surface area contributed by atoms with Crippen LogP contribution in [0.5, 0.6) is 5.75 Å². The van der Waals surface area contributed by atoms with Crippen molar-refractivity contribution in [1.82, 2.24) is 5.32 Å². The normalized spacial score (nSPS) is 11.8. The molecule has 3 aromatic carbocycles. The molecule has 3 aromatic rings. The summed E-state index contributed by atoms with van der Waals surface area (Å²) in [7, 11) is 0. The van der Waals surface area contributed by atoms with Gasteiger partial charge in [0.15, 0.2) is 0 Å². The summed E-state index contributed by atoms with van der Waals surface area (Å²) in [4.78, 5) is 0. The Balaban J connectivity index is 1.41. The Morgan fingerprint density at radius 3 is 2.44 bits per heavy atom. The van der Waals surface area contributed by atoms with Gasteiger partial charge in [-0.2, -0.15) is 5.26 Å². The molecule has 6 nitrogen and oxygen atoms in total. The van der Waals surface area contributed by atoms with Crippen LogP contribution in [0, 0.1) is 11.3 Å². The quantitative estimate of drug-likeness (QED) is 0.346. The molecule has 0 heterocycles. The van der Waals surface area contributed by atoms with E-state index in [1.165, 1.54) is 11.6 Å². The second-order valence-corrected chi connectivity index (χ2v) is 7.64. The highest BCUT2D eigenvalue weighted by molar-refractivity contribution is 5.36. The van der Waals surface area contributed by atoms with E-state index in [4.69, 9.17) is 10.00 Å². The maximum Gasteiger partial charge on any atom is 0.121 e. The van der Waals surface area contributed by atoms with Gasteiger partial charge in [0, 0.05) is 12.1 Å². The van der Waals surface area contributed by atoms with Gasteiger partial charge in [0.1, 0.15) is 5.75 Å². The molecular formula is C26H28N2O4. The number of hydrogen-bond acceptors (Lipinski definition) is 6. The van der Waals surface area contributed by atoms with E-state index in [9.17, 15) is 15.3 Å². The minimum Gasteiger partial charge on any atom is -0.508 e. The molecule has 0 aliphatic rings. The van der Waals surface area contributed by atoms with Gasteiger partial charge in [-0.25, -0.2) is 0 Å². The summed E-state index contributed by atoms with van der Waals surface area (Å²) in [6.45, 7) is 1.81. The molecule has 0 saturated carbocycles. The fourth-order valence-corrected chi connectivity index (χ4v) is 3.37. The molecule has 0 fully saturated rings. The van der Waals surface area contributed by atoms with Crippen LogP contribution in [0.4, 0.5) is 0 Å². The molecule has 3 rings (SSSR count). The molecule has 0 unspecified atom stereocenters. The highest BCUT2D eigenvalue weighted by Crippen LogP contribution is 2.22. The first kappa shape index (κ1) is 23.5. The van der Waals surface area contributed by atoms with Crippen LogP contribution in [-0.2, 0) is 31.0 Å². The van der Waals surface area contributed by atoms with Crippen molar-refractivity contribution in [3.63, 3.8) is 0 Å². The lowest BCUT2D eigenvalue weighted by molar-refractivity contribution is 0.107. The topological polar surface area (TPSA) is 106 Å². The molecule has 6 heteroatoms. The average Bonchev–Trinajstić information content (AvgIpc) is 2.82. The summed E-state index contributed by atoms with van der Waals surface area (Å²) in [5, 5.41) is 41.3. The first-order valence-corrected chi connectivity index (χ1v) is 10.5. The minimum absolute atomic E-state index is 0.0252. The molecule has 32 heavy (non-hydrogen) atoms. The van der Waals surface area contributed by atoms with Gasteiger partial charge in [0.05, 0.1) is 37.6 Å². The van der Waals surface area contributed by atoms with Gasteiger partial charge >= 0.3 is 0 Å². The lowest BCUT2D eigenvalue weighted by Gasteiger charge is -2.14. The van der Waals surface area contributed by atoms with Crippen molar-refractivity contribution in [1.29, 1.82) is 5.26 Å². The summed E-state index contributed by atoms with van der Waals surface area (Å²) in [6, 6.07) is 22.5. The second kappa shape index (κ2) is 12.0. The molecule has 1 atom stereocenters. The summed E-state index contributed by atoms with van der Waals surface area (Å²) < 4.78 is 5.80. The van der Waals surface area contributed by atoms with E-state index in [1.807, 2.05) is 24.3 Å². The van der Waals surface area contributed by atoms with Crippen molar-refractivity contribution in [2.45, 2.75) is 32.3 Å². The van der Waals surface area contributed by atoms with E-state index in [0.29, 0.717) is 43.0 Å². The van der Waals surface area contributed by atoms with Gasteiger partial charge in [-0.15, -0.1) is 0 Å². The molecular weight excluding hydrogens is 404 g/mol. The molecule has 0 saturated heterocycles. The Kier molecular flexibility index (Phi) is 8.79. The predicted octanol–water partition coefficient (Wildman–Crippen LogP) is 3.34. The monoisotopic (exact) mass is 432 g/mol. The molecule has 4 N–H and O–H groups in total. The van der Waals surface area contributed by atoms with Crippen LogP contribution < -0.4 is 5.32 Å². The van der Waals surface area contributed by atoms with Crippen LogP contribution in [-0.4, -0.2) is 28.4 Å². The molecule has 0 spiro atoms. The first-order valence-electron chi connectivity index (χ1n) is 10.5. The van der Waals surface area contributed by atoms with Gasteiger partial charge in [-0.05, 0) is 59.5 Å². The molecule has 0 aliphatic heterocycles. The SMILES string of the molecule is N#Cc1ccc(COCc2cccc(CCNC[C@H](O)c3ccc(O)c(CO)c3)c2)cc1. The fourth-order valence-electron chi connectivity index (χ4n) is 3.37. The van der Waals surface area contributed by atoms with Crippen molar-refractivity contribution in [2.75, 3.05) is 13.1 Å². The number of ether oxygens (including phenoxy) is 1. The molecule has 0 aromatic heterocycles. The van der Waals surface area contributed by atoms with Crippen molar-refractivity contribution in [2.24, 2.45) is 0 Å². The number of rotatable bonds is 11. The number of hydrogen-bond donors (Lipinski definition) is 4. The van der Waals surface area contributed by atoms with Crippen molar-refractivity contribution in [3.8, 4) is 11.8 Å². The van der Waals surface area contributed by atoms with E-state index in [1.54, 1.807) is 24.3 Å². The summed E-state index contributed by atoms with van der Waals surface area (Å²) >= 11 is 0. The Hall–Kier alpha value is -3.21. The zero-order valence-corrected chi connectivity index (χ0v) is 17.9. The standard InChI is InChI=1S/C26H28N2O4/c27-14-20-4-6-21(7-5-20)17-32-18-22-3-1-2-19(12-22)10-11-28-15-26(31)23-8-9-25(30)24(13-23)16-29/h1-9,12-13,26,28-31H,10-11,15-18H2/t26-/m0/s1. The highest BCUT2D eigenvalue weighted by Gasteiger charge is 2.10. The third kappa shape index (κ3) is 6.91. The Labute approximate surface area is 188 Å². The molecule has 0 bridgehead atoms. The molecule has 0 amide bonds. The summed E-state index contributed by atoms with van der Waals surface area (Å²) in [6.07, 6.45) is 0.0936. The predicted molar refractivity (Wildman–Crippen MR) is 122 cm³/mol. The third-order valence-corrected chi connectivity index (χ3v) is 5.20. The van der Waals surface area contributed by atoms with E-state index in [0.717, 1.165) is 17.5 Å². The maximum atomic E-state index is 10.3. The second-order valence-electron chi connectivity index (χ2n) is 7.64. The van der Waals surface area contributed by atoms with Crippen LogP contribution in [0.25, 0.3) is 0 Å². The van der Waals surface area contributed by atoms with Crippen LogP contribution in [0.15, 0.2) is 66.7 Å². The number of nitrogens with zero attached hydrogens (tertiary/aromatic N) is 1. The van der Waals surface area contributed by atoms with Crippen molar-refractivity contribution in [3.05, 3.63) is 100 Å². The lowest BCUT2D eigenvalue weighted by atomic mass is 10.0. The highest BCUT2D eigenvalue weighted by atomic mass is 16.5. The zero-order chi connectivity index (χ0) is 22.8. The van der Waals surface area contributed by atoms with E-state index in [2.05, 4.69) is 23.5 Å². The molecule has 0 aliphatic carbocycles. The van der Waals surface area contributed by atoms with Gasteiger partial charge < -0.3 is 25.4 Å². The van der Waals surface area contributed by atoms with E-state index in [-0.39, 0.29) is 12.4 Å². The van der Waals surface area contributed by atoms with Crippen molar-refractivity contribution < 1.29 is 20.1 Å². The summed E-state index contributed by atoms with van der Waals surface area (Å²) in [5.74, 6) is 0.0252. The average molecular weight is 433 g/mol. The Morgan fingerprint density at radius 1 is 0.938 bits per heavy atom. The van der Waals surface area contributed by atoms with Gasteiger partial charge in [-0.1, -0.05) is 42.5 Å². The molecule has 166 valence electrons. The van der Waals surface area contributed by atoms with Crippen LogP contribution >= 0.6 is 0 Å². The zero-order valence-electron chi connectivity index (χ0n) is 17.9. The smallest absolute Gasteiger partial charge is 0.121 e. The van der Waals surface area contributed by atoms with Crippen LogP contribution in [0.2, 0.25) is 0 Å². The number of benzene rings is 3. The number of aromatic hydroxyl groups is 1. The third-order valence-electron chi connectivity index (χ3n) is 5.20. The fraction of sp³-hybridized carbons (Fsp3) is 0.269. The Morgan fingerprint density at radius 2 is 1.69 bits per heavy atom. The maximum absolute atomic E-state index is 10.3. The first-order chi connectivity index (χ1) is 15.6. The van der Waals surface area contributed by atoms with E-state index >= 15 is 0 Å². The number of aliphatic hydroxyl groups excluding tert-OH is 2. The van der Waals surface area contributed by atoms with Crippen LogP contribution in [0.3, 0.4) is 0 Å². The van der Waals surface area contributed by atoms with Crippen molar-refractivity contribution >= 4 is 0 Å². The number of phenols is 1. The largest absolute Gasteiger partial charge is 0.508 e. The van der Waals surface area contributed by atoms with E-state index < -0.39 is 6.10 Å². The Bertz CT molecular complexity index is 1040. The van der Waals surface area contributed by atoms with Gasteiger partial charge in [0.2, 0.25) is 0 Å². The van der Waals surface area contributed by atoms with Gasteiger partial charge in [-0.3, -0.25) is 0 Å². The number of aliphatic hydroxyl groups is 2. The lowest BCUT2D eigenvalue weighted by Crippen LogP contribution is -2.23. The summed E-state index contributed by atoms with van der Waals surface area (Å²) in [5.41, 5.74) is 5.00. The minimum atomic E-state index is -0.720. The van der Waals surface area contributed by atoms with Crippen LogP contribution in [0.1, 0.15) is 39.5 Å². The number of nitriles is 1. The van der Waals surface area contributed by atoms with Gasteiger partial charge in [0.25, 0.3) is 0 Å². The molecule has 0 radical (unpaired) electrons. The number of nitrogens with one attached hydrogen (secondary N) is 1.